The fraction of sp³-hybridized carbons (Fsp3) is 0.444. The average molecular weight is 667 g/mol. The first-order valence-corrected chi connectivity index (χ1v) is 17.5. The van der Waals surface area contributed by atoms with Crippen molar-refractivity contribution in [1.82, 2.24) is 0 Å². The summed E-state index contributed by atoms with van der Waals surface area (Å²) in [4.78, 5) is 26.8. The van der Waals surface area contributed by atoms with Crippen LogP contribution < -0.4 is 8.19 Å². The van der Waals surface area contributed by atoms with Crippen LogP contribution in [0, 0.1) is 29.8 Å². The summed E-state index contributed by atoms with van der Waals surface area (Å²) in [7, 11) is 0. The first-order chi connectivity index (χ1) is 18.2. The SMILES string of the molecule is CC(C)(C)C1=CC(=c2cc/c(=c3\ccc(=C4C=C(C(C)(C)C)C(=O)C(C(C)(C)C)=C4)[se]3)[se]2)C=C(C(C)(C)C)C1=O. The van der Waals surface area contributed by atoms with E-state index in [4.69, 9.17) is 0 Å². The van der Waals surface area contributed by atoms with E-state index < -0.39 is 0 Å². The normalized spacial score (nSPS) is 18.5. The number of hydrogen-bond acceptors (Lipinski definition) is 2. The number of allylic oxidation sites excluding steroid dienone is 8. The standard InChI is InChI=1S/C36H44O2Se2/c1-33(2,3)23-17-21(18-24(31(23)37)34(4,5)6)27-13-15-29(39-27)30-16-14-28(40-30)22-19-25(35(7,8)9)32(38)26(20-22)36(10,11)12/h13-20H,1-12H3/b30-29-. The summed E-state index contributed by atoms with van der Waals surface area (Å²) in [5, 5.41) is 0. The first kappa shape index (κ1) is 31.0. The summed E-state index contributed by atoms with van der Waals surface area (Å²) in [6.07, 6.45) is 8.58. The van der Waals surface area contributed by atoms with Gasteiger partial charge in [0.2, 0.25) is 0 Å². The van der Waals surface area contributed by atoms with E-state index in [1.54, 1.807) is 0 Å². The van der Waals surface area contributed by atoms with Crippen LogP contribution in [0.1, 0.15) is 83.1 Å². The Morgan fingerprint density at radius 1 is 0.400 bits per heavy atom. The van der Waals surface area contributed by atoms with E-state index in [1.165, 1.54) is 27.5 Å². The molecule has 0 spiro atoms. The molecule has 0 radical (unpaired) electrons. The van der Waals surface area contributed by atoms with Crippen LogP contribution in [0.15, 0.2) is 70.9 Å². The van der Waals surface area contributed by atoms with Crippen molar-refractivity contribution in [3.63, 3.8) is 0 Å². The van der Waals surface area contributed by atoms with Crippen molar-refractivity contribution in [3.05, 3.63) is 87.2 Å². The first-order valence-electron chi connectivity index (χ1n) is 14.1. The average Bonchev–Trinajstić information content (AvgIpc) is 3.46. The Morgan fingerprint density at radius 3 is 0.850 bits per heavy atom. The molecule has 0 amide bonds. The van der Waals surface area contributed by atoms with Crippen LogP contribution in [-0.4, -0.2) is 40.6 Å². The van der Waals surface area contributed by atoms with Gasteiger partial charge in [-0.25, -0.2) is 0 Å². The van der Waals surface area contributed by atoms with E-state index in [-0.39, 0.29) is 62.2 Å². The zero-order chi connectivity index (χ0) is 30.0. The molecule has 2 aromatic heterocycles. The predicted octanol–water partition coefficient (Wildman–Crippen LogP) is 6.44. The maximum atomic E-state index is 13.4. The van der Waals surface area contributed by atoms with E-state index in [0.717, 1.165) is 22.3 Å². The van der Waals surface area contributed by atoms with E-state index in [2.05, 4.69) is 132 Å². The maximum absolute atomic E-state index is 13.4. The molecule has 2 aliphatic carbocycles. The number of hydrogen-bond donors (Lipinski definition) is 0. The zero-order valence-electron chi connectivity index (χ0n) is 26.3. The number of rotatable bonds is 0. The van der Waals surface area contributed by atoms with Gasteiger partial charge < -0.3 is 0 Å². The van der Waals surface area contributed by atoms with Crippen molar-refractivity contribution >= 4 is 51.7 Å². The van der Waals surface area contributed by atoms with Crippen LogP contribution in [-0.2, 0) is 9.59 Å². The van der Waals surface area contributed by atoms with Gasteiger partial charge in [0.1, 0.15) is 0 Å². The molecular weight excluding hydrogens is 622 g/mol. The molecule has 0 atom stereocenters. The topological polar surface area (TPSA) is 34.1 Å². The predicted molar refractivity (Wildman–Crippen MR) is 171 cm³/mol. The van der Waals surface area contributed by atoms with Gasteiger partial charge >= 0.3 is 253 Å². The van der Waals surface area contributed by atoms with E-state index in [1.807, 2.05) is 0 Å². The van der Waals surface area contributed by atoms with Crippen molar-refractivity contribution in [1.29, 1.82) is 0 Å². The molecule has 2 nitrogen and oxygen atoms in total. The van der Waals surface area contributed by atoms with Crippen molar-refractivity contribution in [2.24, 2.45) is 21.7 Å². The summed E-state index contributed by atoms with van der Waals surface area (Å²) in [6, 6.07) is 9.12. The van der Waals surface area contributed by atoms with E-state index in [0.29, 0.717) is 0 Å². The third-order valence-corrected chi connectivity index (χ3v) is 13.0. The number of carbonyl (C=O) groups excluding carboxylic acids is 2. The van der Waals surface area contributed by atoms with Gasteiger partial charge in [-0.3, -0.25) is 0 Å². The fourth-order valence-corrected chi connectivity index (χ4v) is 9.76. The minimum atomic E-state index is -0.205. The molecule has 4 heteroatoms. The van der Waals surface area contributed by atoms with Crippen LogP contribution in [0.5, 0.6) is 0 Å². The Hall–Kier alpha value is -1.96. The molecule has 0 saturated carbocycles. The Bertz CT molecular complexity index is 1530. The van der Waals surface area contributed by atoms with Gasteiger partial charge in [0.15, 0.2) is 0 Å². The molecule has 0 fully saturated rings. The van der Waals surface area contributed by atoms with Gasteiger partial charge in [0.05, 0.1) is 0 Å². The zero-order valence-corrected chi connectivity index (χ0v) is 29.7. The Balaban J connectivity index is 1.96. The Labute approximate surface area is 252 Å². The summed E-state index contributed by atoms with van der Waals surface area (Å²) >= 11 is 0.356. The molecule has 4 rings (SSSR count). The van der Waals surface area contributed by atoms with Crippen LogP contribution in [0.3, 0.4) is 0 Å². The quantitative estimate of drug-likeness (QED) is 0.304. The molecule has 212 valence electrons. The van der Waals surface area contributed by atoms with Crippen LogP contribution >= 0.6 is 0 Å². The molecule has 0 aromatic carbocycles. The van der Waals surface area contributed by atoms with E-state index >= 15 is 0 Å². The Morgan fingerprint density at radius 2 is 0.625 bits per heavy atom. The second-order valence-corrected chi connectivity index (χ2v) is 19.7. The van der Waals surface area contributed by atoms with Gasteiger partial charge in [0, 0.05) is 0 Å². The summed E-state index contributed by atoms with van der Waals surface area (Å²) < 4.78 is 5.51. The van der Waals surface area contributed by atoms with E-state index in [9.17, 15) is 9.59 Å². The molecule has 0 unspecified atom stereocenters. The van der Waals surface area contributed by atoms with Gasteiger partial charge in [0.25, 0.3) is 0 Å². The summed E-state index contributed by atoms with van der Waals surface area (Å²) in [5.41, 5.74) is 5.17. The fourth-order valence-electron chi connectivity index (χ4n) is 5.02. The van der Waals surface area contributed by atoms with Crippen molar-refractivity contribution < 1.29 is 9.59 Å². The molecule has 2 aromatic rings. The van der Waals surface area contributed by atoms with Crippen molar-refractivity contribution in [3.8, 4) is 0 Å². The molecular formula is C36H44O2Se2. The third kappa shape index (κ3) is 6.26. The number of carbonyl (C=O) groups is 2. The Kier molecular flexibility index (Phi) is 8.05. The number of ketones is 2. The molecule has 0 N–H and O–H groups in total. The molecule has 0 saturated heterocycles. The van der Waals surface area contributed by atoms with Crippen LogP contribution in [0.4, 0.5) is 0 Å². The minimum absolute atomic E-state index is 0.178. The van der Waals surface area contributed by atoms with Gasteiger partial charge in [-0.1, -0.05) is 0 Å². The molecule has 2 heterocycles. The number of Topliss-reactive ketones (excluding diaryl/α,β-unsaturated/α-hetero) is 2. The van der Waals surface area contributed by atoms with Crippen molar-refractivity contribution in [2.75, 3.05) is 0 Å². The molecule has 40 heavy (non-hydrogen) atoms. The van der Waals surface area contributed by atoms with Crippen LogP contribution in [0.2, 0.25) is 0 Å². The second-order valence-electron chi connectivity index (χ2n) is 15.1. The molecule has 0 aliphatic heterocycles. The van der Waals surface area contributed by atoms with Crippen LogP contribution in [0.25, 0.3) is 11.1 Å². The van der Waals surface area contributed by atoms with Gasteiger partial charge in [-0.05, 0) is 0 Å². The monoisotopic (exact) mass is 668 g/mol. The van der Waals surface area contributed by atoms with Crippen molar-refractivity contribution in [2.45, 2.75) is 83.1 Å². The van der Waals surface area contributed by atoms with Gasteiger partial charge in [-0.2, -0.15) is 0 Å². The molecule has 0 bridgehead atoms. The second kappa shape index (κ2) is 10.4. The summed E-state index contributed by atoms with van der Waals surface area (Å²) in [6.45, 7) is 25.6. The summed E-state index contributed by atoms with van der Waals surface area (Å²) in [5.74, 6) is 0.374. The van der Waals surface area contributed by atoms with Gasteiger partial charge in [-0.15, -0.1) is 0 Å². The third-order valence-electron chi connectivity index (χ3n) is 7.43. The molecule has 2 aliphatic rings.